The van der Waals surface area contributed by atoms with Crippen LogP contribution in [-0.2, 0) is 11.0 Å². The molecular weight excluding hydrogens is 597 g/mol. The molecule has 2 atom stereocenters. The second-order valence-electron chi connectivity index (χ2n) is 11.9. The third-order valence-electron chi connectivity index (χ3n) is 8.51. The zero-order valence-corrected chi connectivity index (χ0v) is 25.3. The molecule has 0 saturated heterocycles. The molecule has 1 aliphatic heterocycles. The van der Waals surface area contributed by atoms with Crippen LogP contribution >= 0.6 is 0 Å². The van der Waals surface area contributed by atoms with Gasteiger partial charge in [-0.05, 0) is 76.4 Å². The van der Waals surface area contributed by atoms with Crippen LogP contribution in [0.2, 0.25) is 0 Å². The smallest absolute Gasteiger partial charge is 0.383 e. The Labute approximate surface area is 263 Å². The fourth-order valence-electron chi connectivity index (χ4n) is 6.25. The molecule has 0 spiro atoms. The second kappa shape index (κ2) is 12.9. The van der Waals surface area contributed by atoms with E-state index in [0.717, 1.165) is 74.5 Å². The van der Waals surface area contributed by atoms with E-state index in [2.05, 4.69) is 32.8 Å². The molecule has 6 rings (SSSR count). The molecule has 1 fully saturated rings. The first-order valence-corrected chi connectivity index (χ1v) is 15.3. The van der Waals surface area contributed by atoms with Crippen molar-refractivity contribution in [2.24, 2.45) is 0 Å². The van der Waals surface area contributed by atoms with E-state index >= 15 is 0 Å². The zero-order valence-electron chi connectivity index (χ0n) is 25.3. The predicted molar refractivity (Wildman–Crippen MR) is 170 cm³/mol. The number of aromatic nitrogens is 4. The van der Waals surface area contributed by atoms with Crippen LogP contribution in [0.3, 0.4) is 0 Å². The highest BCUT2D eigenvalue weighted by Crippen LogP contribution is 2.39. The number of anilines is 2. The second-order valence-corrected chi connectivity index (χ2v) is 11.9. The predicted octanol–water partition coefficient (Wildman–Crippen LogP) is 5.69. The maximum absolute atomic E-state index is 13.1. The lowest BCUT2D eigenvalue weighted by Gasteiger charge is -2.31. The van der Waals surface area contributed by atoms with Gasteiger partial charge in [0.1, 0.15) is 17.3 Å². The van der Waals surface area contributed by atoms with Crippen molar-refractivity contribution in [2.75, 3.05) is 31.2 Å². The number of halogens is 3. The summed E-state index contributed by atoms with van der Waals surface area (Å²) < 4.78 is 41.4. The quantitative estimate of drug-likeness (QED) is 0.265. The van der Waals surface area contributed by atoms with Crippen molar-refractivity contribution in [2.45, 2.75) is 56.8 Å². The van der Waals surface area contributed by atoms with E-state index in [4.69, 9.17) is 10.8 Å². The average Bonchev–Trinajstić information content (AvgIpc) is 3.43. The van der Waals surface area contributed by atoms with Crippen LogP contribution in [0, 0.1) is 0 Å². The summed E-state index contributed by atoms with van der Waals surface area (Å²) in [5.74, 6) is -0.456. The zero-order chi connectivity index (χ0) is 32.4. The number of amides is 2. The average molecular weight is 633 g/mol. The Bertz CT molecular complexity index is 1780. The number of carbonyl (C=O) groups excluding carboxylic acids is 2. The molecular formula is C33H35F3N8O2. The summed E-state index contributed by atoms with van der Waals surface area (Å²) in [6.07, 6.45) is 7.51. The molecule has 46 heavy (non-hydrogen) atoms. The molecule has 1 aromatic carbocycles. The monoisotopic (exact) mass is 632 g/mol. The normalized spacial score (nSPS) is 20.4. The number of benzene rings is 1. The molecule has 0 unspecified atom stereocenters. The van der Waals surface area contributed by atoms with Gasteiger partial charge in [0, 0.05) is 35.1 Å². The highest BCUT2D eigenvalue weighted by atomic mass is 19.4. The fourth-order valence-corrected chi connectivity index (χ4v) is 6.25. The number of nitrogen functional groups attached to an aromatic ring is 1. The lowest BCUT2D eigenvalue weighted by Crippen LogP contribution is -2.43. The molecule has 1 aliphatic carbocycles. The number of allylic oxidation sites excluding steroid dienone is 1. The number of pyridine rings is 2. The first-order chi connectivity index (χ1) is 22.1. The minimum absolute atomic E-state index is 0.0112. The maximum Gasteiger partial charge on any atom is 0.416 e. The third kappa shape index (κ3) is 6.74. The van der Waals surface area contributed by atoms with Crippen molar-refractivity contribution in [3.63, 3.8) is 0 Å². The summed E-state index contributed by atoms with van der Waals surface area (Å²) in [5, 5.41) is 11.4. The van der Waals surface area contributed by atoms with Crippen LogP contribution in [-0.4, -0.2) is 62.6 Å². The van der Waals surface area contributed by atoms with Gasteiger partial charge in [-0.25, -0.2) is 9.97 Å². The molecule has 2 aliphatic rings. The van der Waals surface area contributed by atoms with E-state index in [1.807, 2.05) is 16.6 Å². The van der Waals surface area contributed by atoms with Crippen molar-refractivity contribution >= 4 is 40.4 Å². The third-order valence-corrected chi connectivity index (χ3v) is 8.51. The van der Waals surface area contributed by atoms with Gasteiger partial charge in [-0.1, -0.05) is 24.3 Å². The number of nitrogens with one attached hydrogen (secondary N) is 2. The maximum atomic E-state index is 13.1. The van der Waals surface area contributed by atoms with E-state index in [-0.39, 0.29) is 29.4 Å². The van der Waals surface area contributed by atoms with Crippen molar-refractivity contribution in [1.82, 2.24) is 30.0 Å². The Balaban J connectivity index is 1.35. The first kappa shape index (κ1) is 31.2. The topological polar surface area (TPSA) is 131 Å². The van der Waals surface area contributed by atoms with Crippen LogP contribution in [0.15, 0.2) is 54.9 Å². The van der Waals surface area contributed by atoms with Crippen molar-refractivity contribution in [1.29, 1.82) is 0 Å². The van der Waals surface area contributed by atoms with Crippen molar-refractivity contribution < 1.29 is 22.8 Å². The highest BCUT2D eigenvalue weighted by Gasteiger charge is 2.31. The van der Waals surface area contributed by atoms with E-state index in [0.29, 0.717) is 29.0 Å². The number of nitrogens with zero attached hydrogens (tertiary/aromatic N) is 5. The number of rotatable bonds is 3. The summed E-state index contributed by atoms with van der Waals surface area (Å²) in [6, 6.07) is 8.29. The number of fused-ring (bicyclic) bond motifs is 3. The molecule has 13 heteroatoms. The molecule has 4 aromatic rings. The molecule has 4 N–H and O–H groups in total. The molecule has 10 nitrogen and oxygen atoms in total. The lowest BCUT2D eigenvalue weighted by atomic mass is 9.90. The van der Waals surface area contributed by atoms with Crippen LogP contribution in [0.25, 0.3) is 28.2 Å². The van der Waals surface area contributed by atoms with Gasteiger partial charge >= 0.3 is 6.18 Å². The Morgan fingerprint density at radius 3 is 2.70 bits per heavy atom. The van der Waals surface area contributed by atoms with Gasteiger partial charge in [-0.15, -0.1) is 0 Å². The van der Waals surface area contributed by atoms with E-state index < -0.39 is 17.6 Å². The Morgan fingerprint density at radius 1 is 1.11 bits per heavy atom. The van der Waals surface area contributed by atoms with Gasteiger partial charge < -0.3 is 16.4 Å². The molecule has 2 bridgehead atoms. The summed E-state index contributed by atoms with van der Waals surface area (Å²) in [5.41, 5.74) is 8.89. The van der Waals surface area contributed by atoms with Crippen molar-refractivity contribution in [3.05, 3.63) is 71.6 Å². The number of likely N-dealkylation sites (N-methyl/N-ethyl adjacent to an activating group) is 1. The van der Waals surface area contributed by atoms with Crippen LogP contribution < -0.4 is 16.4 Å². The molecule has 4 heterocycles. The van der Waals surface area contributed by atoms with Gasteiger partial charge in [-0.3, -0.25) is 19.2 Å². The van der Waals surface area contributed by atoms with E-state index in [9.17, 15) is 22.8 Å². The van der Waals surface area contributed by atoms with Crippen LogP contribution in [0.1, 0.15) is 66.1 Å². The lowest BCUT2D eigenvalue weighted by molar-refractivity contribution is -0.137. The van der Waals surface area contributed by atoms with Gasteiger partial charge in [0.25, 0.3) is 5.91 Å². The van der Waals surface area contributed by atoms with Gasteiger partial charge in [0.2, 0.25) is 5.91 Å². The minimum atomic E-state index is -4.56. The summed E-state index contributed by atoms with van der Waals surface area (Å²) in [6.45, 7) is 1.15. The Morgan fingerprint density at radius 2 is 1.91 bits per heavy atom. The standard InChI is InChI=1S/C33H35F3N8O2/c1-43-15-4-2-3-6-22-18-39-31(37)28-29(42-44(30(22)28)25-8-5-7-24(17-25)40-27(45)19-43)20-9-11-21(12-10-20)32(46)41-26-16-23(13-14-38-26)33(34,35)36/h3,6,9-14,16,18,24-25H,2,4-5,7-8,15,17,19H2,1H3,(H2,37,39)(H,40,45)(H,38,41,46)/b6-3+/t24-,25-/m1/s1. The fraction of sp³-hybridized carbons (Fsp3) is 0.364. The number of hydrogen-bond donors (Lipinski definition) is 3. The molecule has 2 amide bonds. The number of hydrogen-bond acceptors (Lipinski definition) is 7. The number of carbonyl (C=O) groups is 2. The van der Waals surface area contributed by atoms with Crippen LogP contribution in [0.4, 0.5) is 24.8 Å². The van der Waals surface area contributed by atoms with Gasteiger partial charge in [0.05, 0.1) is 29.1 Å². The minimum Gasteiger partial charge on any atom is -0.383 e. The number of nitrogens with two attached hydrogens (primary N) is 1. The first-order valence-electron chi connectivity index (χ1n) is 15.3. The SMILES string of the molecule is CN1CCC/C=C/c2cnc(N)c3c(-c4ccc(C(=O)Nc5cc(C(F)(F)F)ccn5)cc4)nn(c23)[C@@H]2CCC[C@H](C2)NC(=O)C1. The van der Waals surface area contributed by atoms with E-state index in [1.54, 1.807) is 30.5 Å². The summed E-state index contributed by atoms with van der Waals surface area (Å²) >= 11 is 0. The molecule has 3 aromatic heterocycles. The Kier molecular flexibility index (Phi) is 8.76. The summed E-state index contributed by atoms with van der Waals surface area (Å²) in [4.78, 5) is 36.1. The highest BCUT2D eigenvalue weighted by molar-refractivity contribution is 6.06. The molecule has 1 saturated carbocycles. The van der Waals surface area contributed by atoms with Gasteiger partial charge in [-0.2, -0.15) is 18.3 Å². The summed E-state index contributed by atoms with van der Waals surface area (Å²) in [7, 11) is 1.96. The van der Waals surface area contributed by atoms with Crippen molar-refractivity contribution in [3.8, 4) is 11.3 Å². The van der Waals surface area contributed by atoms with Gasteiger partial charge in [0.15, 0.2) is 0 Å². The van der Waals surface area contributed by atoms with E-state index in [1.165, 1.54) is 0 Å². The number of alkyl halides is 3. The Hall–Kier alpha value is -4.78. The largest absolute Gasteiger partial charge is 0.416 e. The molecule has 240 valence electrons. The molecule has 0 radical (unpaired) electrons. The van der Waals surface area contributed by atoms with Crippen LogP contribution in [0.5, 0.6) is 0 Å².